The number of anilines is 1. The number of furan rings is 1. The lowest BCUT2D eigenvalue weighted by Gasteiger charge is -2.10. The molecule has 0 fully saturated rings. The van der Waals surface area contributed by atoms with Gasteiger partial charge in [-0.15, -0.1) is 0 Å². The first kappa shape index (κ1) is 15.1. The molecule has 0 bridgehead atoms. The molecule has 0 atom stereocenters. The highest BCUT2D eigenvalue weighted by molar-refractivity contribution is 7.91. The third kappa shape index (κ3) is 2.44. The van der Waals surface area contributed by atoms with Crippen LogP contribution in [-0.2, 0) is 9.84 Å². The van der Waals surface area contributed by atoms with Gasteiger partial charge in [0.15, 0.2) is 9.84 Å². The Balaban J connectivity index is 2.54. The molecule has 3 rings (SSSR count). The summed E-state index contributed by atoms with van der Waals surface area (Å²) in [4.78, 5) is 11.7. The lowest BCUT2D eigenvalue weighted by Crippen LogP contribution is -2.13. The molecule has 0 unspecified atom stereocenters. The number of rotatable bonds is 3. The van der Waals surface area contributed by atoms with Gasteiger partial charge in [0.25, 0.3) is 5.91 Å². The van der Waals surface area contributed by atoms with E-state index in [1.807, 2.05) is 6.07 Å². The van der Waals surface area contributed by atoms with Crippen LogP contribution in [0.3, 0.4) is 0 Å². The SMILES string of the molecule is CS(=O)(=O)c1c(-c2ccccc2)ccc2oc(N)c(C(N)=O)c12. The Hall–Kier alpha value is -2.80. The van der Waals surface area contributed by atoms with Crippen molar-refractivity contribution in [3.8, 4) is 11.1 Å². The summed E-state index contributed by atoms with van der Waals surface area (Å²) >= 11 is 0. The van der Waals surface area contributed by atoms with Crippen LogP contribution in [0.4, 0.5) is 5.88 Å². The molecule has 6 nitrogen and oxygen atoms in total. The van der Waals surface area contributed by atoms with Crippen LogP contribution in [0.2, 0.25) is 0 Å². The third-order valence-electron chi connectivity index (χ3n) is 3.54. The molecule has 23 heavy (non-hydrogen) atoms. The minimum atomic E-state index is -3.67. The first-order valence-electron chi connectivity index (χ1n) is 6.71. The Labute approximate surface area is 132 Å². The van der Waals surface area contributed by atoms with E-state index in [2.05, 4.69) is 0 Å². The quantitative estimate of drug-likeness (QED) is 0.763. The molecule has 118 valence electrons. The summed E-state index contributed by atoms with van der Waals surface area (Å²) in [6.07, 6.45) is 1.07. The van der Waals surface area contributed by atoms with E-state index < -0.39 is 15.7 Å². The number of hydrogen-bond donors (Lipinski definition) is 2. The normalized spacial score (nSPS) is 11.7. The van der Waals surface area contributed by atoms with Gasteiger partial charge in [0, 0.05) is 11.8 Å². The second-order valence-electron chi connectivity index (χ2n) is 5.16. The van der Waals surface area contributed by atoms with E-state index >= 15 is 0 Å². The molecule has 7 heteroatoms. The molecule has 0 aliphatic rings. The first-order chi connectivity index (χ1) is 10.8. The Kier molecular flexibility index (Phi) is 3.37. The first-order valence-corrected chi connectivity index (χ1v) is 8.60. The fourth-order valence-corrected chi connectivity index (χ4v) is 3.81. The Bertz CT molecular complexity index is 1020. The molecule has 3 aromatic rings. The van der Waals surface area contributed by atoms with Crippen molar-refractivity contribution in [2.75, 3.05) is 12.0 Å². The monoisotopic (exact) mass is 330 g/mol. The summed E-state index contributed by atoms with van der Waals surface area (Å²) in [5.41, 5.74) is 12.3. The number of benzene rings is 2. The third-order valence-corrected chi connectivity index (χ3v) is 4.70. The van der Waals surface area contributed by atoms with E-state index in [-0.39, 0.29) is 27.3 Å². The maximum absolute atomic E-state index is 12.4. The van der Waals surface area contributed by atoms with Gasteiger partial charge in [0.05, 0.1) is 10.3 Å². The predicted molar refractivity (Wildman–Crippen MR) is 87.7 cm³/mol. The molecular formula is C16H14N2O4S. The van der Waals surface area contributed by atoms with E-state index in [0.717, 1.165) is 6.26 Å². The molecular weight excluding hydrogens is 316 g/mol. The van der Waals surface area contributed by atoms with Gasteiger partial charge in [0.2, 0.25) is 5.88 Å². The second kappa shape index (κ2) is 5.13. The van der Waals surface area contributed by atoms with E-state index in [1.165, 1.54) is 0 Å². The topological polar surface area (TPSA) is 116 Å². The highest BCUT2D eigenvalue weighted by atomic mass is 32.2. The summed E-state index contributed by atoms with van der Waals surface area (Å²) in [5, 5.41) is 0.124. The van der Waals surface area contributed by atoms with Crippen molar-refractivity contribution in [2.24, 2.45) is 5.73 Å². The van der Waals surface area contributed by atoms with Gasteiger partial charge in [-0.1, -0.05) is 30.3 Å². The van der Waals surface area contributed by atoms with E-state index in [9.17, 15) is 13.2 Å². The summed E-state index contributed by atoms with van der Waals surface area (Å²) < 4.78 is 30.1. The fraction of sp³-hybridized carbons (Fsp3) is 0.0625. The largest absolute Gasteiger partial charge is 0.440 e. The fourth-order valence-electron chi connectivity index (χ4n) is 2.65. The van der Waals surface area contributed by atoms with Crippen LogP contribution in [0.15, 0.2) is 51.8 Å². The second-order valence-corrected chi connectivity index (χ2v) is 7.11. The molecule has 1 aromatic heterocycles. The van der Waals surface area contributed by atoms with Gasteiger partial charge in [-0.25, -0.2) is 8.42 Å². The average molecular weight is 330 g/mol. The zero-order chi connectivity index (χ0) is 16.8. The summed E-state index contributed by atoms with van der Waals surface area (Å²) in [5.74, 6) is -1.03. The Morgan fingerprint density at radius 3 is 2.30 bits per heavy atom. The molecule has 0 spiro atoms. The molecule has 0 saturated heterocycles. The molecule has 0 aliphatic carbocycles. The number of carbonyl (C=O) groups excluding carboxylic acids is 1. The van der Waals surface area contributed by atoms with Gasteiger partial charge in [0.1, 0.15) is 11.1 Å². The summed E-state index contributed by atoms with van der Waals surface area (Å²) in [7, 11) is -3.67. The van der Waals surface area contributed by atoms with Crippen LogP contribution in [-0.4, -0.2) is 20.6 Å². The number of nitrogen functional groups attached to an aromatic ring is 1. The molecule has 0 aliphatic heterocycles. The van der Waals surface area contributed by atoms with Crippen molar-refractivity contribution in [3.05, 3.63) is 48.0 Å². The number of carbonyl (C=O) groups is 1. The summed E-state index contributed by atoms with van der Waals surface area (Å²) in [6, 6.07) is 12.2. The van der Waals surface area contributed by atoms with Crippen molar-refractivity contribution in [1.29, 1.82) is 0 Å². The lowest BCUT2D eigenvalue weighted by atomic mass is 10.0. The molecule has 4 N–H and O–H groups in total. The van der Waals surface area contributed by atoms with Gasteiger partial charge < -0.3 is 15.9 Å². The highest BCUT2D eigenvalue weighted by Crippen LogP contribution is 2.38. The molecule has 2 aromatic carbocycles. The van der Waals surface area contributed by atoms with Crippen molar-refractivity contribution in [3.63, 3.8) is 0 Å². The lowest BCUT2D eigenvalue weighted by molar-refractivity contribution is 0.100. The van der Waals surface area contributed by atoms with Gasteiger partial charge >= 0.3 is 0 Å². The van der Waals surface area contributed by atoms with E-state index in [1.54, 1.807) is 36.4 Å². The van der Waals surface area contributed by atoms with Crippen molar-refractivity contribution in [2.45, 2.75) is 4.90 Å². The Morgan fingerprint density at radius 1 is 1.09 bits per heavy atom. The minimum Gasteiger partial charge on any atom is -0.440 e. The zero-order valence-electron chi connectivity index (χ0n) is 12.2. The summed E-state index contributed by atoms with van der Waals surface area (Å²) in [6.45, 7) is 0. The number of sulfone groups is 1. The minimum absolute atomic E-state index is 0.0181. The Morgan fingerprint density at radius 2 is 1.74 bits per heavy atom. The maximum atomic E-state index is 12.4. The molecule has 1 amide bonds. The number of primary amides is 1. The van der Waals surface area contributed by atoms with Gasteiger partial charge in [-0.3, -0.25) is 4.79 Å². The molecule has 0 radical (unpaired) electrons. The zero-order valence-corrected chi connectivity index (χ0v) is 13.1. The number of hydrogen-bond acceptors (Lipinski definition) is 5. The number of amides is 1. The van der Waals surface area contributed by atoms with Gasteiger partial charge in [-0.2, -0.15) is 0 Å². The standard InChI is InChI=1S/C16H14N2O4S/c1-23(20,21)14-10(9-5-3-2-4-6-9)7-8-11-12(14)13(15(17)19)16(18)22-11/h2-8H,18H2,1H3,(H2,17,19). The van der Waals surface area contributed by atoms with Crippen LogP contribution in [0.25, 0.3) is 22.1 Å². The van der Waals surface area contributed by atoms with E-state index in [4.69, 9.17) is 15.9 Å². The maximum Gasteiger partial charge on any atom is 0.254 e. The van der Waals surface area contributed by atoms with Crippen LogP contribution < -0.4 is 11.5 Å². The number of fused-ring (bicyclic) bond motifs is 1. The van der Waals surface area contributed by atoms with Gasteiger partial charge in [-0.05, 0) is 17.7 Å². The number of nitrogens with two attached hydrogens (primary N) is 2. The van der Waals surface area contributed by atoms with Crippen LogP contribution in [0, 0.1) is 0 Å². The van der Waals surface area contributed by atoms with Crippen LogP contribution >= 0.6 is 0 Å². The van der Waals surface area contributed by atoms with Crippen molar-refractivity contribution < 1.29 is 17.6 Å². The van der Waals surface area contributed by atoms with E-state index in [0.29, 0.717) is 11.1 Å². The van der Waals surface area contributed by atoms with Crippen LogP contribution in [0.5, 0.6) is 0 Å². The molecule has 0 saturated carbocycles. The van der Waals surface area contributed by atoms with Crippen molar-refractivity contribution in [1.82, 2.24) is 0 Å². The predicted octanol–water partition coefficient (Wildman–Crippen LogP) is 2.18. The van der Waals surface area contributed by atoms with Crippen LogP contribution in [0.1, 0.15) is 10.4 Å². The molecule has 1 heterocycles. The smallest absolute Gasteiger partial charge is 0.254 e. The average Bonchev–Trinajstić information content (AvgIpc) is 2.81. The highest BCUT2D eigenvalue weighted by Gasteiger charge is 2.27. The van der Waals surface area contributed by atoms with Crippen molar-refractivity contribution >= 4 is 32.6 Å².